The van der Waals surface area contributed by atoms with Crippen LogP contribution in [0.2, 0.25) is 0 Å². The molecule has 172 valence electrons. The van der Waals surface area contributed by atoms with E-state index in [0.29, 0.717) is 0 Å². The molecule has 0 aromatic rings. The van der Waals surface area contributed by atoms with E-state index < -0.39 is 31.1 Å². The molecule has 0 amide bonds. The van der Waals surface area contributed by atoms with Gasteiger partial charge in [0.25, 0.3) is 0 Å². The molecule has 0 aliphatic carbocycles. The van der Waals surface area contributed by atoms with Crippen LogP contribution >= 0.6 is 0 Å². The smallest absolute Gasteiger partial charge is 0.421 e. The lowest BCUT2D eigenvalue weighted by Crippen LogP contribution is -2.84. The highest BCUT2D eigenvalue weighted by Crippen LogP contribution is 2.36. The molecule has 0 spiro atoms. The molecule has 0 aromatic carbocycles. The molecule has 28 heavy (non-hydrogen) atoms. The van der Waals surface area contributed by atoms with Crippen molar-refractivity contribution in [3.8, 4) is 0 Å². The number of nitrogens with zero attached hydrogens (tertiary/aromatic N) is 1. The Kier molecular flexibility index (Phi) is 14.4. The summed E-state index contributed by atoms with van der Waals surface area (Å²) in [5.74, 6) is 0. The Balaban J connectivity index is 0. The highest BCUT2D eigenvalue weighted by molar-refractivity contribution is 8.13. The molecule has 0 aliphatic rings. The highest BCUT2D eigenvalue weighted by Gasteiger charge is 2.46. The topological polar surface area (TPSA) is 99.0 Å². The van der Waals surface area contributed by atoms with Crippen molar-refractivity contribution in [2.75, 3.05) is 13.1 Å². The number of hydrogen-bond donors (Lipinski definition) is 1. The normalized spacial score (nSPS) is 13.1. The van der Waals surface area contributed by atoms with Gasteiger partial charge < -0.3 is 9.44 Å². The quantitative estimate of drug-likeness (QED) is 0.350. The zero-order valence-electron chi connectivity index (χ0n) is 15.8. The maximum Gasteiger partial charge on any atom is 0.480 e. The summed E-state index contributed by atoms with van der Waals surface area (Å²) < 4.78 is 109. The van der Waals surface area contributed by atoms with Gasteiger partial charge in [-0.25, -0.2) is 16.8 Å². The molecule has 14 heteroatoms. The maximum absolute atomic E-state index is 11.4. The summed E-state index contributed by atoms with van der Waals surface area (Å²) in [5, 5.41) is 2.48. The highest BCUT2D eigenvalue weighted by atomic mass is 32.3. The van der Waals surface area contributed by atoms with Crippen LogP contribution in [0, 0.1) is 0 Å². The molecule has 6 nitrogen and oxygen atoms in total. The van der Waals surface area contributed by atoms with E-state index in [2.05, 4.69) is 19.2 Å². The van der Waals surface area contributed by atoms with Crippen molar-refractivity contribution in [3.63, 3.8) is 0 Å². The Morgan fingerprint density at radius 1 is 0.643 bits per heavy atom. The molecule has 0 aromatic heterocycles. The largest absolute Gasteiger partial charge is 0.480 e. The van der Waals surface area contributed by atoms with E-state index in [1.54, 1.807) is 0 Å². The van der Waals surface area contributed by atoms with Crippen molar-refractivity contribution in [1.29, 1.82) is 0 Å². The molecule has 0 radical (unpaired) electrons. The second-order valence-corrected chi connectivity index (χ2v) is 9.33. The van der Waals surface area contributed by atoms with Crippen molar-refractivity contribution in [3.05, 3.63) is 4.13 Å². The minimum absolute atomic E-state index is 0.778. The minimum Gasteiger partial charge on any atom is -0.421 e. The van der Waals surface area contributed by atoms with Crippen LogP contribution in [0.15, 0.2) is 0 Å². The maximum atomic E-state index is 11.4. The summed E-state index contributed by atoms with van der Waals surface area (Å²) in [4.78, 5) is 0. The molecule has 0 rings (SSSR count). The van der Waals surface area contributed by atoms with Gasteiger partial charge in [0.05, 0.1) is 13.1 Å². The van der Waals surface area contributed by atoms with Crippen LogP contribution < -0.4 is 5.32 Å². The van der Waals surface area contributed by atoms with Gasteiger partial charge >= 0.3 is 11.0 Å². The molecule has 2 N–H and O–H groups in total. The van der Waals surface area contributed by atoms with E-state index in [1.165, 1.54) is 64.5 Å². The first-order valence-electron chi connectivity index (χ1n) is 8.80. The number of nitrogens with two attached hydrogens (primary N) is 1. The average Bonchev–Trinajstić information content (AvgIpc) is 2.51. The Morgan fingerprint density at radius 3 is 1.39 bits per heavy atom. The fourth-order valence-corrected chi connectivity index (χ4v) is 3.49. The first-order valence-corrected chi connectivity index (χ1v) is 11.7. The number of alkyl halides is 6. The number of unbranched alkanes of at least 4 members (excludes halogenated alkanes) is 6. The summed E-state index contributed by atoms with van der Waals surface area (Å²) in [5.41, 5.74) is -12.4. The lowest BCUT2D eigenvalue weighted by Gasteiger charge is -2.22. The second kappa shape index (κ2) is 13.6. The summed E-state index contributed by atoms with van der Waals surface area (Å²) in [6.45, 7) is 7.23. The molecular weight excluding hydrogens is 438 g/mol. The Bertz CT molecular complexity index is 552. The fraction of sp³-hybridized carbons (Fsp3) is 1.00. The number of sulfonamides is 2. The fourth-order valence-electron chi connectivity index (χ4n) is 1.78. The minimum atomic E-state index is -6.72. The summed E-state index contributed by atoms with van der Waals surface area (Å²) >= 11 is 0. The van der Waals surface area contributed by atoms with Crippen LogP contribution in [-0.2, 0) is 20.0 Å². The van der Waals surface area contributed by atoms with Crippen molar-refractivity contribution >= 4 is 20.0 Å². The van der Waals surface area contributed by atoms with Gasteiger partial charge in [-0.3, -0.25) is 0 Å². The van der Waals surface area contributed by atoms with Gasteiger partial charge in [0.2, 0.25) is 0 Å². The van der Waals surface area contributed by atoms with E-state index in [9.17, 15) is 43.2 Å². The number of rotatable bonds is 12. The molecule has 0 atom stereocenters. The third-order valence-electron chi connectivity index (χ3n) is 3.30. The Morgan fingerprint density at radius 2 is 1.00 bits per heavy atom. The average molecular weight is 467 g/mol. The molecule has 0 aliphatic heterocycles. The van der Waals surface area contributed by atoms with E-state index in [0.717, 1.165) is 4.13 Å². The Labute approximate surface area is 162 Å². The van der Waals surface area contributed by atoms with Gasteiger partial charge in [-0.1, -0.05) is 46.0 Å². The van der Waals surface area contributed by atoms with Crippen LogP contribution in [0.3, 0.4) is 0 Å². The van der Waals surface area contributed by atoms with E-state index in [-0.39, 0.29) is 0 Å². The number of quaternary nitrogens is 1. The summed E-state index contributed by atoms with van der Waals surface area (Å²) in [7, 11) is -13.4. The van der Waals surface area contributed by atoms with Gasteiger partial charge in [0, 0.05) is 0 Å². The monoisotopic (exact) mass is 466 g/mol. The summed E-state index contributed by atoms with van der Waals surface area (Å²) in [6.07, 6.45) is 11.3. The standard InChI is InChI=1S/C12H27N.C2F6NO4S2/c1-3-5-7-8-9-10-12-13-11-6-4-2;3-1(4,5)14(10,11)9-15(12,13)2(6,7)8/h13H,3-12H2,1-2H3;/q;-1/p+1. The van der Waals surface area contributed by atoms with Crippen LogP contribution in [-0.4, -0.2) is 40.9 Å². The SMILES string of the molecule is CCCCCCCC[NH2+]CCCC.O=S(=O)([N-]S(=O)(=O)C(F)(F)F)C(F)(F)F. The first-order chi connectivity index (χ1) is 12.6. The van der Waals surface area contributed by atoms with E-state index >= 15 is 0 Å². The van der Waals surface area contributed by atoms with Crippen LogP contribution in [0.5, 0.6) is 0 Å². The molecule has 0 heterocycles. The van der Waals surface area contributed by atoms with Gasteiger partial charge in [0.15, 0.2) is 20.0 Å². The lowest BCUT2D eigenvalue weighted by atomic mass is 10.1. The Hall–Kier alpha value is -0.600. The van der Waals surface area contributed by atoms with Crippen LogP contribution in [0.25, 0.3) is 4.13 Å². The predicted molar refractivity (Wildman–Crippen MR) is 93.3 cm³/mol. The predicted octanol–water partition coefficient (Wildman–Crippen LogP) is 3.77. The molecule has 0 saturated heterocycles. The van der Waals surface area contributed by atoms with Crippen molar-refractivity contribution in [1.82, 2.24) is 0 Å². The van der Waals surface area contributed by atoms with Gasteiger partial charge in [0.1, 0.15) is 0 Å². The molecule has 0 saturated carbocycles. The molecule has 0 bridgehead atoms. The summed E-state index contributed by atoms with van der Waals surface area (Å²) in [6, 6.07) is 0. The van der Waals surface area contributed by atoms with E-state index in [4.69, 9.17) is 0 Å². The van der Waals surface area contributed by atoms with Crippen molar-refractivity contribution in [2.24, 2.45) is 0 Å². The molecular formula is C14H28F6N2O4S2. The van der Waals surface area contributed by atoms with Crippen molar-refractivity contribution < 1.29 is 48.5 Å². The van der Waals surface area contributed by atoms with Gasteiger partial charge in [-0.05, 0) is 19.3 Å². The molecule has 0 unspecified atom stereocenters. The van der Waals surface area contributed by atoms with Crippen molar-refractivity contribution in [2.45, 2.75) is 76.2 Å². The zero-order chi connectivity index (χ0) is 22.5. The van der Waals surface area contributed by atoms with Gasteiger partial charge in [-0.2, -0.15) is 26.3 Å². The zero-order valence-corrected chi connectivity index (χ0v) is 17.4. The molecule has 0 fully saturated rings. The number of halogens is 6. The lowest BCUT2D eigenvalue weighted by molar-refractivity contribution is -0.655. The van der Waals surface area contributed by atoms with Crippen LogP contribution in [0.4, 0.5) is 26.3 Å². The third kappa shape index (κ3) is 13.6. The van der Waals surface area contributed by atoms with Gasteiger partial charge in [-0.15, -0.1) is 0 Å². The van der Waals surface area contributed by atoms with Crippen LogP contribution in [0.1, 0.15) is 65.2 Å². The number of hydrogen-bond acceptors (Lipinski definition) is 4. The second-order valence-electron chi connectivity index (χ2n) is 5.90. The first kappa shape index (κ1) is 29.6. The third-order valence-corrected chi connectivity index (χ3v) is 6.04. The van der Waals surface area contributed by atoms with E-state index in [1.807, 2.05) is 0 Å².